The van der Waals surface area contributed by atoms with Gasteiger partial charge in [0.1, 0.15) is 6.61 Å². The van der Waals surface area contributed by atoms with E-state index in [-0.39, 0.29) is 25.2 Å². The number of esters is 2. The van der Waals surface area contributed by atoms with E-state index in [1.54, 1.807) is 0 Å². The number of carbonyl (C=O) groups excluding carboxylic acids is 2. The van der Waals surface area contributed by atoms with Crippen molar-refractivity contribution >= 4 is 11.9 Å². The summed E-state index contributed by atoms with van der Waals surface area (Å²) in [5.41, 5.74) is 0. The summed E-state index contributed by atoms with van der Waals surface area (Å²) in [6, 6.07) is 0. The number of unbranched alkanes of at least 4 members (excludes halogenated alkanes) is 20. The lowest BCUT2D eigenvalue weighted by atomic mass is 10.1. The Labute approximate surface area is 334 Å². The Morgan fingerprint density at radius 1 is 0.426 bits per heavy atom. The second-order valence-electron chi connectivity index (χ2n) is 14.9. The van der Waals surface area contributed by atoms with E-state index < -0.39 is 6.10 Å². The van der Waals surface area contributed by atoms with Crippen LogP contribution in [0.3, 0.4) is 0 Å². The maximum Gasteiger partial charge on any atom is 0.306 e. The van der Waals surface area contributed by atoms with Gasteiger partial charge in [-0.3, -0.25) is 9.59 Å². The molecular formula is C49H86O5. The number of rotatable bonds is 41. The third-order valence-electron chi connectivity index (χ3n) is 9.57. The first-order valence-corrected chi connectivity index (χ1v) is 22.8. The summed E-state index contributed by atoms with van der Waals surface area (Å²) in [5.74, 6) is -0.422. The van der Waals surface area contributed by atoms with Crippen molar-refractivity contribution in [3.8, 4) is 0 Å². The van der Waals surface area contributed by atoms with E-state index in [1.807, 2.05) is 0 Å². The van der Waals surface area contributed by atoms with Crippen LogP contribution in [0.25, 0.3) is 0 Å². The van der Waals surface area contributed by atoms with Gasteiger partial charge in [0.15, 0.2) is 6.10 Å². The van der Waals surface area contributed by atoms with Crippen LogP contribution in [-0.4, -0.2) is 37.9 Å². The van der Waals surface area contributed by atoms with E-state index in [1.165, 1.54) is 103 Å². The molecule has 0 saturated carbocycles. The Hall–Kier alpha value is -2.40. The lowest BCUT2D eigenvalue weighted by Gasteiger charge is -2.18. The van der Waals surface area contributed by atoms with E-state index in [2.05, 4.69) is 81.5 Å². The number of hydrogen-bond donors (Lipinski definition) is 0. The molecule has 0 bridgehead atoms. The molecule has 5 heteroatoms. The van der Waals surface area contributed by atoms with Gasteiger partial charge in [0, 0.05) is 19.4 Å². The predicted molar refractivity (Wildman–Crippen MR) is 233 cm³/mol. The average Bonchev–Trinajstić information content (AvgIpc) is 3.17. The molecule has 0 aliphatic heterocycles. The fourth-order valence-corrected chi connectivity index (χ4v) is 6.18. The summed E-state index contributed by atoms with van der Waals surface area (Å²) in [6.07, 6.45) is 55.1. The number of ether oxygens (including phenoxy) is 3. The fourth-order valence-electron chi connectivity index (χ4n) is 6.18. The van der Waals surface area contributed by atoms with E-state index in [9.17, 15) is 9.59 Å². The summed E-state index contributed by atoms with van der Waals surface area (Å²) in [5, 5.41) is 0. The Balaban J connectivity index is 4.29. The van der Waals surface area contributed by atoms with Gasteiger partial charge in [-0.25, -0.2) is 0 Å². The zero-order chi connectivity index (χ0) is 39.3. The van der Waals surface area contributed by atoms with Gasteiger partial charge < -0.3 is 14.2 Å². The van der Waals surface area contributed by atoms with Crippen LogP contribution in [0, 0.1) is 0 Å². The zero-order valence-corrected chi connectivity index (χ0v) is 35.7. The summed E-state index contributed by atoms with van der Waals surface area (Å²) < 4.78 is 17.2. The minimum Gasteiger partial charge on any atom is -0.462 e. The molecule has 54 heavy (non-hydrogen) atoms. The van der Waals surface area contributed by atoms with Crippen molar-refractivity contribution in [3.05, 3.63) is 60.8 Å². The number of carbonyl (C=O) groups is 2. The van der Waals surface area contributed by atoms with Gasteiger partial charge in [0.2, 0.25) is 0 Å². The molecular weight excluding hydrogens is 669 g/mol. The van der Waals surface area contributed by atoms with Crippen LogP contribution in [0.15, 0.2) is 60.8 Å². The van der Waals surface area contributed by atoms with Gasteiger partial charge in [-0.1, -0.05) is 197 Å². The molecule has 0 N–H and O–H groups in total. The first-order valence-electron chi connectivity index (χ1n) is 22.8. The lowest BCUT2D eigenvalue weighted by molar-refractivity contribution is -0.163. The first kappa shape index (κ1) is 51.6. The van der Waals surface area contributed by atoms with Crippen molar-refractivity contribution in [2.45, 2.75) is 219 Å². The van der Waals surface area contributed by atoms with Gasteiger partial charge in [-0.2, -0.15) is 0 Å². The Bertz CT molecular complexity index is 946. The standard InChI is InChI=1S/C49H86O5/c1-4-7-10-13-16-19-21-22-23-24-25-26-27-29-32-35-38-41-44-52-45-47(54-49(51)43-40-37-34-30-18-15-12-9-6-3)46-53-48(50)42-39-36-33-31-28-20-17-14-11-8-5-2/h7,10,16,19,22-23,25-26,29,32,47H,4-6,8-9,11-15,17-18,20-21,24,27-28,30-31,33-46H2,1-3H3/b10-7-,19-16-,23-22-,26-25-,32-29-. The molecule has 0 amide bonds. The first-order chi connectivity index (χ1) is 26.6. The third kappa shape index (κ3) is 42.3. The number of hydrogen-bond acceptors (Lipinski definition) is 5. The van der Waals surface area contributed by atoms with Crippen LogP contribution < -0.4 is 0 Å². The van der Waals surface area contributed by atoms with E-state index in [4.69, 9.17) is 14.2 Å². The Morgan fingerprint density at radius 3 is 1.30 bits per heavy atom. The highest BCUT2D eigenvalue weighted by Gasteiger charge is 2.17. The van der Waals surface area contributed by atoms with Crippen molar-refractivity contribution in [2.75, 3.05) is 19.8 Å². The highest BCUT2D eigenvalue weighted by molar-refractivity contribution is 5.70. The van der Waals surface area contributed by atoms with Crippen LogP contribution in [-0.2, 0) is 23.8 Å². The second-order valence-corrected chi connectivity index (χ2v) is 14.9. The Kier molecular flexibility index (Phi) is 43.0. The maximum atomic E-state index is 12.7. The van der Waals surface area contributed by atoms with Crippen LogP contribution >= 0.6 is 0 Å². The maximum absolute atomic E-state index is 12.7. The monoisotopic (exact) mass is 755 g/mol. The second kappa shape index (κ2) is 45.0. The molecule has 1 atom stereocenters. The Morgan fingerprint density at radius 2 is 0.833 bits per heavy atom. The molecule has 0 aromatic carbocycles. The van der Waals surface area contributed by atoms with Crippen LogP contribution in [0.2, 0.25) is 0 Å². The molecule has 0 saturated heterocycles. The largest absolute Gasteiger partial charge is 0.462 e. The molecule has 5 nitrogen and oxygen atoms in total. The highest BCUT2D eigenvalue weighted by Crippen LogP contribution is 2.14. The molecule has 0 radical (unpaired) electrons. The van der Waals surface area contributed by atoms with Crippen molar-refractivity contribution in [1.29, 1.82) is 0 Å². The molecule has 0 fully saturated rings. The molecule has 0 aromatic heterocycles. The van der Waals surface area contributed by atoms with Crippen LogP contribution in [0.1, 0.15) is 213 Å². The third-order valence-corrected chi connectivity index (χ3v) is 9.57. The molecule has 0 heterocycles. The van der Waals surface area contributed by atoms with Gasteiger partial charge in [-0.05, 0) is 64.2 Å². The van der Waals surface area contributed by atoms with Crippen molar-refractivity contribution in [2.24, 2.45) is 0 Å². The summed E-state index contributed by atoms with van der Waals surface area (Å²) in [6.45, 7) is 7.59. The minimum absolute atomic E-state index is 0.0698. The molecule has 0 aliphatic rings. The van der Waals surface area contributed by atoms with Gasteiger partial charge in [-0.15, -0.1) is 0 Å². The van der Waals surface area contributed by atoms with Crippen molar-refractivity contribution < 1.29 is 23.8 Å². The van der Waals surface area contributed by atoms with Crippen LogP contribution in [0.5, 0.6) is 0 Å². The fraction of sp³-hybridized carbons (Fsp3) is 0.755. The summed E-state index contributed by atoms with van der Waals surface area (Å²) in [4.78, 5) is 25.1. The zero-order valence-electron chi connectivity index (χ0n) is 35.7. The molecule has 0 spiro atoms. The van der Waals surface area contributed by atoms with Gasteiger partial charge in [0.05, 0.1) is 6.61 Å². The normalized spacial score (nSPS) is 12.7. The van der Waals surface area contributed by atoms with Gasteiger partial charge >= 0.3 is 11.9 Å². The molecule has 0 aromatic rings. The summed E-state index contributed by atoms with van der Waals surface area (Å²) >= 11 is 0. The van der Waals surface area contributed by atoms with Crippen molar-refractivity contribution in [1.82, 2.24) is 0 Å². The van der Waals surface area contributed by atoms with Crippen LogP contribution in [0.4, 0.5) is 0 Å². The minimum atomic E-state index is -0.552. The molecule has 0 rings (SSSR count). The van der Waals surface area contributed by atoms with E-state index in [0.717, 1.165) is 77.0 Å². The summed E-state index contributed by atoms with van der Waals surface area (Å²) in [7, 11) is 0. The quantitative estimate of drug-likeness (QED) is 0.0353. The lowest BCUT2D eigenvalue weighted by Crippen LogP contribution is -2.30. The van der Waals surface area contributed by atoms with Crippen molar-refractivity contribution in [3.63, 3.8) is 0 Å². The topological polar surface area (TPSA) is 61.8 Å². The molecule has 312 valence electrons. The predicted octanol–water partition coefficient (Wildman–Crippen LogP) is 15.0. The SMILES string of the molecule is CC/C=C\C/C=C\C/C=C\C/C=C\C/C=C\CCCCOCC(COC(=O)CCCCCCCCCCCCC)OC(=O)CCCCCCCCCCC. The van der Waals surface area contributed by atoms with E-state index in [0.29, 0.717) is 19.4 Å². The average molecular weight is 755 g/mol. The van der Waals surface area contributed by atoms with E-state index >= 15 is 0 Å². The highest BCUT2D eigenvalue weighted by atomic mass is 16.6. The number of allylic oxidation sites excluding steroid dienone is 10. The molecule has 1 unspecified atom stereocenters. The molecule has 0 aliphatic carbocycles. The smallest absolute Gasteiger partial charge is 0.306 e. The van der Waals surface area contributed by atoms with Gasteiger partial charge in [0.25, 0.3) is 0 Å².